The quantitative estimate of drug-likeness (QED) is 0.613. The molecule has 0 saturated heterocycles. The number of rotatable bonds is 10. The highest BCUT2D eigenvalue weighted by Gasteiger charge is 2.16. The van der Waals surface area contributed by atoms with Crippen molar-refractivity contribution >= 4 is 5.91 Å². The molecule has 0 aromatic carbocycles. The zero-order valence-corrected chi connectivity index (χ0v) is 12.4. The summed E-state index contributed by atoms with van der Waals surface area (Å²) in [5.74, 6) is 1.08. The number of hydrogen-bond acceptors (Lipinski definition) is 3. The second-order valence-corrected chi connectivity index (χ2v) is 5.30. The molecule has 4 heteroatoms. The van der Waals surface area contributed by atoms with E-state index in [9.17, 15) is 4.79 Å². The number of hydrogen-bond donors (Lipinski definition) is 1. The predicted octanol–water partition coefficient (Wildman–Crippen LogP) is 2.58. The van der Waals surface area contributed by atoms with Gasteiger partial charge in [-0.1, -0.05) is 33.6 Å². The van der Waals surface area contributed by atoms with Crippen molar-refractivity contribution in [3.8, 4) is 0 Å². The molecule has 1 amide bonds. The maximum absolute atomic E-state index is 12.0. The normalized spacial score (nSPS) is 12.8. The number of nitrogens with zero attached hydrogens (tertiary/aromatic N) is 1. The second-order valence-electron chi connectivity index (χ2n) is 5.30. The van der Waals surface area contributed by atoms with Gasteiger partial charge in [0.2, 0.25) is 5.91 Å². The lowest BCUT2D eigenvalue weighted by Gasteiger charge is -2.23. The van der Waals surface area contributed by atoms with Crippen LogP contribution in [0.4, 0.5) is 0 Å². The van der Waals surface area contributed by atoms with Gasteiger partial charge in [-0.3, -0.25) is 9.63 Å². The van der Waals surface area contributed by atoms with Gasteiger partial charge >= 0.3 is 0 Å². The molecule has 0 saturated carbocycles. The lowest BCUT2D eigenvalue weighted by atomic mass is 9.94. The summed E-state index contributed by atoms with van der Waals surface area (Å²) in [6.07, 6.45) is 4.80. The first kappa shape index (κ1) is 17.4. The first-order valence-electron chi connectivity index (χ1n) is 7.09. The minimum Gasteiger partial charge on any atom is -0.330 e. The van der Waals surface area contributed by atoms with Crippen LogP contribution < -0.4 is 5.73 Å². The molecule has 0 aliphatic heterocycles. The lowest BCUT2D eigenvalue weighted by molar-refractivity contribution is -0.178. The van der Waals surface area contributed by atoms with Crippen molar-refractivity contribution in [1.82, 2.24) is 5.06 Å². The summed E-state index contributed by atoms with van der Waals surface area (Å²) in [4.78, 5) is 17.1. The van der Waals surface area contributed by atoms with E-state index in [4.69, 9.17) is 10.6 Å². The third-order valence-corrected chi connectivity index (χ3v) is 3.07. The number of nitrogens with two attached hydrogens (primary N) is 1. The van der Waals surface area contributed by atoms with Crippen LogP contribution in [0.2, 0.25) is 0 Å². The first-order chi connectivity index (χ1) is 8.54. The number of carbonyl (C=O) groups excluding carboxylic acids is 1. The molecule has 4 nitrogen and oxygen atoms in total. The monoisotopic (exact) mass is 258 g/mol. The molecule has 0 rings (SSSR count). The van der Waals surface area contributed by atoms with Crippen molar-refractivity contribution in [3.05, 3.63) is 0 Å². The van der Waals surface area contributed by atoms with Gasteiger partial charge < -0.3 is 5.73 Å². The van der Waals surface area contributed by atoms with E-state index in [0.717, 1.165) is 25.7 Å². The molecule has 0 fully saturated rings. The molecule has 18 heavy (non-hydrogen) atoms. The van der Waals surface area contributed by atoms with E-state index in [1.54, 1.807) is 7.11 Å². The molecule has 2 N–H and O–H groups in total. The van der Waals surface area contributed by atoms with Crippen LogP contribution >= 0.6 is 0 Å². The molecule has 0 aromatic heterocycles. The van der Waals surface area contributed by atoms with Crippen LogP contribution in [-0.4, -0.2) is 31.2 Å². The van der Waals surface area contributed by atoms with Gasteiger partial charge in [0.25, 0.3) is 0 Å². The van der Waals surface area contributed by atoms with Crippen molar-refractivity contribution in [1.29, 1.82) is 0 Å². The van der Waals surface area contributed by atoms with Crippen LogP contribution in [0.15, 0.2) is 0 Å². The first-order valence-corrected chi connectivity index (χ1v) is 7.09. The third-order valence-electron chi connectivity index (χ3n) is 3.07. The van der Waals surface area contributed by atoms with Crippen LogP contribution in [-0.2, 0) is 9.63 Å². The van der Waals surface area contributed by atoms with E-state index in [-0.39, 0.29) is 5.91 Å². The van der Waals surface area contributed by atoms with Gasteiger partial charge in [0.15, 0.2) is 0 Å². The van der Waals surface area contributed by atoms with E-state index < -0.39 is 0 Å². The van der Waals surface area contributed by atoms with E-state index in [0.29, 0.717) is 31.3 Å². The zero-order chi connectivity index (χ0) is 14.0. The highest BCUT2D eigenvalue weighted by atomic mass is 16.7. The smallest absolute Gasteiger partial charge is 0.246 e. The molecule has 1 unspecified atom stereocenters. The fraction of sp³-hybridized carbons (Fsp3) is 0.929. The Hall–Kier alpha value is -0.610. The summed E-state index contributed by atoms with van der Waals surface area (Å²) in [6, 6.07) is 0. The maximum Gasteiger partial charge on any atom is 0.246 e. The maximum atomic E-state index is 12.0. The molecule has 1 atom stereocenters. The molecule has 0 spiro atoms. The Kier molecular flexibility index (Phi) is 9.98. The molecule has 108 valence electrons. The Morgan fingerprint density at radius 1 is 1.28 bits per heavy atom. The van der Waals surface area contributed by atoms with Gasteiger partial charge in [0, 0.05) is 6.42 Å². The number of hydroxylamine groups is 2. The van der Waals surface area contributed by atoms with Gasteiger partial charge in [-0.15, -0.1) is 0 Å². The molecule has 0 heterocycles. The molecule has 0 aliphatic carbocycles. The van der Waals surface area contributed by atoms with E-state index in [2.05, 4.69) is 20.8 Å². The Morgan fingerprint density at radius 3 is 2.39 bits per heavy atom. The van der Waals surface area contributed by atoms with Gasteiger partial charge in [-0.25, -0.2) is 5.06 Å². The molecule has 0 aliphatic rings. The van der Waals surface area contributed by atoms with Crippen LogP contribution in [0.5, 0.6) is 0 Å². The highest BCUT2D eigenvalue weighted by Crippen LogP contribution is 2.18. The lowest BCUT2D eigenvalue weighted by Crippen LogP contribution is -2.33. The van der Waals surface area contributed by atoms with Gasteiger partial charge in [0.05, 0.1) is 13.7 Å². The fourth-order valence-electron chi connectivity index (χ4n) is 2.14. The van der Waals surface area contributed by atoms with E-state index in [1.165, 1.54) is 5.06 Å². The van der Waals surface area contributed by atoms with Crippen molar-refractivity contribution in [2.45, 2.75) is 52.9 Å². The molecule has 0 aromatic rings. The zero-order valence-electron chi connectivity index (χ0n) is 12.4. The van der Waals surface area contributed by atoms with Crippen LogP contribution in [0.1, 0.15) is 52.9 Å². The molecular weight excluding hydrogens is 228 g/mol. The summed E-state index contributed by atoms with van der Waals surface area (Å²) < 4.78 is 0. The molecule has 0 radical (unpaired) electrons. The SMILES string of the molecule is CCCC(CCN)CCC(=O)N(CC(C)C)OC. The number of amides is 1. The Bertz CT molecular complexity index is 214. The van der Waals surface area contributed by atoms with Crippen LogP contribution in [0, 0.1) is 11.8 Å². The Labute approximate surface area is 112 Å². The van der Waals surface area contributed by atoms with Crippen LogP contribution in [0.3, 0.4) is 0 Å². The highest BCUT2D eigenvalue weighted by molar-refractivity contribution is 5.75. The molecular formula is C14H30N2O2. The topological polar surface area (TPSA) is 55.6 Å². The molecule has 0 bridgehead atoms. The van der Waals surface area contributed by atoms with Gasteiger partial charge in [-0.05, 0) is 31.2 Å². The minimum absolute atomic E-state index is 0.0873. The Balaban J connectivity index is 4.10. The summed E-state index contributed by atoms with van der Waals surface area (Å²) in [5.41, 5.74) is 5.60. The average molecular weight is 258 g/mol. The predicted molar refractivity (Wildman–Crippen MR) is 74.9 cm³/mol. The van der Waals surface area contributed by atoms with Crippen molar-refractivity contribution < 1.29 is 9.63 Å². The average Bonchev–Trinajstić information content (AvgIpc) is 2.33. The summed E-state index contributed by atoms with van der Waals surface area (Å²) in [6.45, 7) is 7.69. The van der Waals surface area contributed by atoms with Crippen molar-refractivity contribution in [3.63, 3.8) is 0 Å². The van der Waals surface area contributed by atoms with Crippen LogP contribution in [0.25, 0.3) is 0 Å². The van der Waals surface area contributed by atoms with E-state index in [1.807, 2.05) is 0 Å². The Morgan fingerprint density at radius 2 is 1.94 bits per heavy atom. The number of carbonyl (C=O) groups is 1. The minimum atomic E-state index is 0.0873. The third kappa shape index (κ3) is 7.67. The van der Waals surface area contributed by atoms with Gasteiger partial charge in [0.1, 0.15) is 0 Å². The van der Waals surface area contributed by atoms with Crippen molar-refractivity contribution in [2.24, 2.45) is 17.6 Å². The summed E-state index contributed by atoms with van der Waals surface area (Å²) in [5, 5.41) is 1.48. The van der Waals surface area contributed by atoms with Gasteiger partial charge in [-0.2, -0.15) is 0 Å². The summed E-state index contributed by atoms with van der Waals surface area (Å²) in [7, 11) is 1.56. The van der Waals surface area contributed by atoms with E-state index >= 15 is 0 Å². The van der Waals surface area contributed by atoms with Crippen molar-refractivity contribution in [2.75, 3.05) is 20.2 Å². The second kappa shape index (κ2) is 10.3. The summed E-state index contributed by atoms with van der Waals surface area (Å²) >= 11 is 0. The standard InChI is InChI=1S/C14H30N2O2/c1-5-6-13(9-10-15)7-8-14(17)16(18-4)11-12(2)3/h12-13H,5-11,15H2,1-4H3. The largest absolute Gasteiger partial charge is 0.330 e. The fourth-order valence-corrected chi connectivity index (χ4v) is 2.14.